The fourth-order valence-corrected chi connectivity index (χ4v) is 8.54. The Labute approximate surface area is 334 Å². The maximum absolute atomic E-state index is 6.43. The van der Waals surface area contributed by atoms with Crippen LogP contribution in [0.15, 0.2) is 188 Å². The third kappa shape index (κ3) is 4.93. The van der Waals surface area contributed by atoms with Crippen molar-refractivity contribution in [1.29, 1.82) is 0 Å². The van der Waals surface area contributed by atoms with Crippen molar-refractivity contribution in [3.8, 4) is 22.8 Å². The van der Waals surface area contributed by atoms with Crippen LogP contribution in [0.1, 0.15) is 0 Å². The van der Waals surface area contributed by atoms with Crippen molar-refractivity contribution >= 4 is 105 Å². The molecule has 0 aliphatic rings. The van der Waals surface area contributed by atoms with Crippen molar-refractivity contribution in [3.05, 3.63) is 170 Å². The molecule has 0 N–H and O–H groups in total. The number of hydrogen-bond acceptors (Lipinski definition) is 8. The van der Waals surface area contributed by atoms with Crippen LogP contribution in [0.3, 0.4) is 0 Å². The highest BCUT2D eigenvalue weighted by atomic mass is 16.3. The molecular weight excluding hydrogens is 733 g/mol. The molecule has 0 amide bonds. The molecule has 0 spiro atoms. The number of hydrogen-bond donors (Lipinski definition) is 0. The number of aromatic nitrogens is 3. The lowest BCUT2D eigenvalue weighted by atomic mass is 10.1. The van der Waals surface area contributed by atoms with Crippen LogP contribution in [0.5, 0.6) is 0 Å². The topological polar surface area (TPSA) is 94.5 Å². The molecule has 0 fully saturated rings. The summed E-state index contributed by atoms with van der Waals surface area (Å²) in [5.41, 5.74) is 9.65. The summed E-state index contributed by atoms with van der Waals surface area (Å²) in [4.78, 5) is 17.8. The highest BCUT2D eigenvalue weighted by Gasteiger charge is 2.23. The first-order valence-corrected chi connectivity index (χ1v) is 19.4. The molecule has 0 bridgehead atoms. The summed E-state index contributed by atoms with van der Waals surface area (Å²) in [7, 11) is 0. The zero-order chi connectivity index (χ0) is 38.6. The Morgan fingerprint density at radius 3 is 1.08 bits per heavy atom. The number of rotatable bonds is 5. The number of nitrogens with zero attached hydrogens (tertiary/aromatic N) is 4. The van der Waals surface area contributed by atoms with Crippen molar-refractivity contribution in [2.24, 2.45) is 0 Å². The largest absolute Gasteiger partial charge is 0.456 e. The maximum Gasteiger partial charge on any atom is 0.238 e. The number of furan rings is 4. The van der Waals surface area contributed by atoms with Gasteiger partial charge < -0.3 is 17.7 Å². The van der Waals surface area contributed by atoms with Gasteiger partial charge in [0.2, 0.25) is 5.95 Å². The molecule has 8 nitrogen and oxygen atoms in total. The number of para-hydroxylation sites is 4. The Morgan fingerprint density at radius 1 is 0.288 bits per heavy atom. The quantitative estimate of drug-likeness (QED) is 0.171. The van der Waals surface area contributed by atoms with Gasteiger partial charge in [0, 0.05) is 66.3 Å². The normalized spacial score (nSPS) is 12.1. The average molecular weight is 761 g/mol. The first kappa shape index (κ1) is 31.9. The summed E-state index contributed by atoms with van der Waals surface area (Å²) in [6.45, 7) is 0. The number of benzene rings is 8. The van der Waals surface area contributed by atoms with Gasteiger partial charge in [-0.25, -0.2) is 4.98 Å². The predicted molar refractivity (Wildman–Crippen MR) is 234 cm³/mol. The first-order valence-electron chi connectivity index (χ1n) is 19.4. The molecule has 0 aliphatic carbocycles. The van der Waals surface area contributed by atoms with E-state index in [1.807, 2.05) is 102 Å². The van der Waals surface area contributed by atoms with Gasteiger partial charge in [0.1, 0.15) is 44.7 Å². The van der Waals surface area contributed by atoms with Crippen molar-refractivity contribution in [3.63, 3.8) is 0 Å². The summed E-state index contributed by atoms with van der Waals surface area (Å²) < 4.78 is 25.3. The van der Waals surface area contributed by atoms with Crippen LogP contribution < -0.4 is 4.90 Å². The molecule has 276 valence electrons. The first-order chi connectivity index (χ1) is 29.2. The van der Waals surface area contributed by atoms with E-state index in [0.717, 1.165) is 110 Å². The third-order valence-corrected chi connectivity index (χ3v) is 11.3. The predicted octanol–water partition coefficient (Wildman–Crippen LogP) is 14.3. The van der Waals surface area contributed by atoms with Gasteiger partial charge in [0.15, 0.2) is 11.6 Å². The van der Waals surface area contributed by atoms with Gasteiger partial charge in [-0.1, -0.05) is 72.8 Å². The second-order valence-electron chi connectivity index (χ2n) is 14.8. The van der Waals surface area contributed by atoms with Crippen LogP contribution >= 0.6 is 0 Å². The fraction of sp³-hybridized carbons (Fsp3) is 0. The van der Waals surface area contributed by atoms with E-state index in [4.69, 9.17) is 32.6 Å². The molecule has 8 heteroatoms. The second-order valence-corrected chi connectivity index (χ2v) is 14.8. The summed E-state index contributed by atoms with van der Waals surface area (Å²) in [5, 5.41) is 8.17. The summed E-state index contributed by atoms with van der Waals surface area (Å²) in [5.74, 6) is 1.44. The van der Waals surface area contributed by atoms with Gasteiger partial charge in [-0.05, 0) is 84.9 Å². The van der Waals surface area contributed by atoms with Crippen molar-refractivity contribution in [2.45, 2.75) is 0 Å². The number of fused-ring (bicyclic) bond motifs is 12. The summed E-state index contributed by atoms with van der Waals surface area (Å²) >= 11 is 0. The van der Waals surface area contributed by atoms with Gasteiger partial charge in [-0.3, -0.25) is 4.90 Å². The maximum atomic E-state index is 6.43. The van der Waals surface area contributed by atoms with Gasteiger partial charge >= 0.3 is 0 Å². The molecule has 0 aliphatic heterocycles. The van der Waals surface area contributed by atoms with E-state index < -0.39 is 0 Å². The van der Waals surface area contributed by atoms with E-state index >= 15 is 0 Å². The summed E-state index contributed by atoms with van der Waals surface area (Å²) in [6.07, 6.45) is 0. The Kier molecular flexibility index (Phi) is 6.56. The van der Waals surface area contributed by atoms with E-state index in [-0.39, 0.29) is 0 Å². The van der Waals surface area contributed by atoms with Crippen LogP contribution in [0.2, 0.25) is 0 Å². The molecule has 8 aromatic carbocycles. The van der Waals surface area contributed by atoms with E-state index in [0.29, 0.717) is 17.6 Å². The molecule has 5 heterocycles. The molecule has 0 saturated carbocycles. The second kappa shape index (κ2) is 12.1. The molecule has 13 aromatic rings. The third-order valence-electron chi connectivity index (χ3n) is 11.3. The molecule has 0 unspecified atom stereocenters. The van der Waals surface area contributed by atoms with E-state index in [1.165, 1.54) is 0 Å². The molecule has 0 atom stereocenters. The molecule has 0 saturated heterocycles. The van der Waals surface area contributed by atoms with Crippen molar-refractivity contribution < 1.29 is 17.7 Å². The van der Waals surface area contributed by atoms with Gasteiger partial charge in [-0.2, -0.15) is 9.97 Å². The number of anilines is 3. The van der Waals surface area contributed by atoms with E-state index in [2.05, 4.69) is 72.8 Å². The Balaban J connectivity index is 1.08. The minimum absolute atomic E-state index is 0.421. The Morgan fingerprint density at radius 2 is 0.644 bits per heavy atom. The molecule has 0 radical (unpaired) electrons. The van der Waals surface area contributed by atoms with Gasteiger partial charge in [-0.15, -0.1) is 0 Å². The van der Waals surface area contributed by atoms with Crippen molar-refractivity contribution in [1.82, 2.24) is 15.0 Å². The van der Waals surface area contributed by atoms with E-state index in [1.54, 1.807) is 0 Å². The lowest BCUT2D eigenvalue weighted by Gasteiger charge is -2.24. The SMILES string of the molecule is c1ccc2c(c1)oc1cc(N(c3ccc4c(c3)oc3ccccc34)c3nc(-c4ccc5oc6ccccc6c5c4)nc(-c4ccc5oc6ccccc6c5c4)n3)ccc12. The Hall–Kier alpha value is -8.23. The van der Waals surface area contributed by atoms with Crippen LogP contribution in [0.25, 0.3) is 111 Å². The monoisotopic (exact) mass is 760 g/mol. The lowest BCUT2D eigenvalue weighted by molar-refractivity contribution is 0.668. The zero-order valence-electron chi connectivity index (χ0n) is 31.1. The molecular formula is C51H28N4O4. The standard InChI is InChI=1S/C51H28N4O4/c1-5-13-41-33(9-1)37-21-19-31(27-47(37)58-41)55(32-20-22-38-34-10-2-6-14-42(34)59-48(38)28-32)51-53-49(29-17-23-45-39(25-29)35-11-3-7-15-43(35)56-45)52-50(54-51)30-18-24-46-40(26-30)36-12-4-8-16-44(36)57-46/h1-28H. The summed E-state index contributed by atoms with van der Waals surface area (Å²) in [6, 6.07) is 57.0. The Bertz CT molecular complexity index is 3590. The van der Waals surface area contributed by atoms with Crippen LogP contribution in [0.4, 0.5) is 17.3 Å². The van der Waals surface area contributed by atoms with Gasteiger partial charge in [0.25, 0.3) is 0 Å². The highest BCUT2D eigenvalue weighted by molar-refractivity contribution is 6.09. The van der Waals surface area contributed by atoms with Crippen LogP contribution in [-0.4, -0.2) is 15.0 Å². The molecule has 59 heavy (non-hydrogen) atoms. The fourth-order valence-electron chi connectivity index (χ4n) is 8.54. The molecule has 5 aromatic heterocycles. The molecule has 13 rings (SSSR count). The smallest absolute Gasteiger partial charge is 0.238 e. The van der Waals surface area contributed by atoms with E-state index in [9.17, 15) is 0 Å². The van der Waals surface area contributed by atoms with Crippen LogP contribution in [-0.2, 0) is 0 Å². The van der Waals surface area contributed by atoms with Crippen molar-refractivity contribution in [2.75, 3.05) is 4.90 Å². The van der Waals surface area contributed by atoms with Crippen LogP contribution in [0, 0.1) is 0 Å². The zero-order valence-corrected chi connectivity index (χ0v) is 31.1. The lowest BCUT2D eigenvalue weighted by Crippen LogP contribution is -2.15. The minimum atomic E-state index is 0.421. The minimum Gasteiger partial charge on any atom is -0.456 e. The highest BCUT2D eigenvalue weighted by Crippen LogP contribution is 2.42. The van der Waals surface area contributed by atoms with Gasteiger partial charge in [0.05, 0.1) is 11.4 Å². The average Bonchev–Trinajstić information content (AvgIpc) is 4.05.